The van der Waals surface area contributed by atoms with Gasteiger partial charge in [-0.25, -0.2) is 0 Å². The van der Waals surface area contributed by atoms with Crippen LogP contribution in [0.15, 0.2) is 12.2 Å². The number of amides is 1. The zero-order valence-electron chi connectivity index (χ0n) is 49.1. The quantitative estimate of drug-likeness (QED) is 0.0261. The second kappa shape index (κ2) is 55.3. The van der Waals surface area contributed by atoms with Crippen LogP contribution in [0.3, 0.4) is 0 Å². The maximum Gasteiger partial charge on any atom is 0.220 e. The van der Waals surface area contributed by atoms with Crippen LogP contribution in [-0.2, 0) is 14.3 Å². The van der Waals surface area contributed by atoms with E-state index in [0.29, 0.717) is 6.42 Å². The summed E-state index contributed by atoms with van der Waals surface area (Å²) in [5, 5.41) is 54.4. The summed E-state index contributed by atoms with van der Waals surface area (Å²) >= 11 is 0. The highest BCUT2D eigenvalue weighted by Gasteiger charge is 2.44. The SMILES string of the molecule is CCCCCCCCCCCC/C=C/C(O)C(COC1OC(CO)C(O)C(O)C1O)NC(=O)CCCCCCCCCCCCCCCCCCCCCCCCCCCCCCCCCCCCCCCCC. The molecule has 1 aliphatic heterocycles. The highest BCUT2D eigenvalue weighted by atomic mass is 16.7. The largest absolute Gasteiger partial charge is 0.394 e. The smallest absolute Gasteiger partial charge is 0.220 e. The Morgan fingerprint density at radius 1 is 0.446 bits per heavy atom. The number of hydrogen-bond acceptors (Lipinski definition) is 8. The minimum atomic E-state index is -1.56. The highest BCUT2D eigenvalue weighted by molar-refractivity contribution is 5.76. The first kappa shape index (κ1) is 70.9. The molecule has 1 amide bonds. The fourth-order valence-electron chi connectivity index (χ4n) is 10.9. The van der Waals surface area contributed by atoms with E-state index < -0.39 is 49.5 Å². The number of allylic oxidation sites excluding steroid dienone is 1. The predicted octanol–water partition coefficient (Wildman–Crippen LogP) is 17.1. The second-order valence-corrected chi connectivity index (χ2v) is 23.3. The Hall–Kier alpha value is -1.07. The van der Waals surface area contributed by atoms with Crippen molar-refractivity contribution in [3.05, 3.63) is 12.2 Å². The maximum atomic E-state index is 13.0. The first-order chi connectivity index (χ1) is 36.3. The number of unbranched alkanes of at least 4 members (excludes halogenated alkanes) is 48. The molecular formula is C65H127NO8. The Morgan fingerprint density at radius 2 is 0.743 bits per heavy atom. The van der Waals surface area contributed by atoms with E-state index in [1.165, 1.54) is 283 Å². The molecule has 9 nitrogen and oxygen atoms in total. The zero-order valence-corrected chi connectivity index (χ0v) is 49.1. The van der Waals surface area contributed by atoms with Crippen molar-refractivity contribution < 1.29 is 39.8 Å². The van der Waals surface area contributed by atoms with Gasteiger partial charge in [0.25, 0.3) is 0 Å². The van der Waals surface area contributed by atoms with Gasteiger partial charge in [0.15, 0.2) is 6.29 Å². The van der Waals surface area contributed by atoms with Crippen LogP contribution < -0.4 is 5.32 Å². The van der Waals surface area contributed by atoms with Crippen LogP contribution >= 0.6 is 0 Å². The summed E-state index contributed by atoms with van der Waals surface area (Å²) in [7, 11) is 0. The Balaban J connectivity index is 1.99. The number of ether oxygens (including phenoxy) is 2. The van der Waals surface area contributed by atoms with E-state index in [1.54, 1.807) is 6.08 Å². The summed E-state index contributed by atoms with van der Waals surface area (Å²) in [5.41, 5.74) is 0. The number of aliphatic hydroxyl groups excluding tert-OH is 5. The van der Waals surface area contributed by atoms with E-state index in [0.717, 1.165) is 38.5 Å². The molecule has 0 aliphatic carbocycles. The molecule has 1 saturated heterocycles. The molecule has 0 radical (unpaired) electrons. The number of nitrogens with one attached hydrogen (secondary N) is 1. The first-order valence-corrected chi connectivity index (χ1v) is 32.9. The van der Waals surface area contributed by atoms with Gasteiger partial charge in [0, 0.05) is 6.42 Å². The van der Waals surface area contributed by atoms with Crippen LogP contribution in [0.2, 0.25) is 0 Å². The van der Waals surface area contributed by atoms with E-state index in [4.69, 9.17) is 9.47 Å². The van der Waals surface area contributed by atoms with Gasteiger partial charge < -0.3 is 40.3 Å². The van der Waals surface area contributed by atoms with E-state index in [2.05, 4.69) is 19.2 Å². The van der Waals surface area contributed by atoms with Crippen molar-refractivity contribution in [3.63, 3.8) is 0 Å². The summed E-state index contributed by atoms with van der Waals surface area (Å²) in [5.74, 6) is -0.170. The lowest BCUT2D eigenvalue weighted by Gasteiger charge is -2.40. The van der Waals surface area contributed by atoms with Gasteiger partial charge in [-0.1, -0.05) is 328 Å². The Labute approximate surface area is 458 Å². The van der Waals surface area contributed by atoms with Gasteiger partial charge in [0.2, 0.25) is 5.91 Å². The van der Waals surface area contributed by atoms with E-state index >= 15 is 0 Å². The Kier molecular flexibility index (Phi) is 53.0. The molecule has 7 atom stereocenters. The monoisotopic (exact) mass is 1050 g/mol. The molecule has 1 heterocycles. The first-order valence-electron chi connectivity index (χ1n) is 32.9. The van der Waals surface area contributed by atoms with Crippen molar-refractivity contribution in [1.82, 2.24) is 5.32 Å². The van der Waals surface area contributed by atoms with Crippen molar-refractivity contribution in [2.75, 3.05) is 13.2 Å². The highest BCUT2D eigenvalue weighted by Crippen LogP contribution is 2.23. The number of rotatable bonds is 58. The Bertz CT molecular complexity index is 1170. The van der Waals surface area contributed by atoms with E-state index in [1.807, 2.05) is 6.08 Å². The van der Waals surface area contributed by atoms with Crippen LogP contribution in [0.1, 0.15) is 341 Å². The van der Waals surface area contributed by atoms with E-state index in [9.17, 15) is 30.3 Å². The van der Waals surface area contributed by atoms with Crippen molar-refractivity contribution >= 4 is 5.91 Å². The third-order valence-corrected chi connectivity index (χ3v) is 16.1. The molecule has 9 heteroatoms. The molecule has 7 unspecified atom stereocenters. The number of aliphatic hydroxyl groups is 5. The van der Waals surface area contributed by atoms with Gasteiger partial charge in [-0.15, -0.1) is 0 Å². The summed E-state index contributed by atoms with van der Waals surface area (Å²) in [6.45, 7) is 3.81. The third kappa shape index (κ3) is 43.9. The third-order valence-electron chi connectivity index (χ3n) is 16.1. The van der Waals surface area contributed by atoms with Gasteiger partial charge in [-0.05, 0) is 19.3 Å². The number of carbonyl (C=O) groups excluding carboxylic acids is 1. The van der Waals surface area contributed by atoms with Crippen molar-refractivity contribution in [1.29, 1.82) is 0 Å². The fraction of sp³-hybridized carbons (Fsp3) is 0.954. The summed E-state index contributed by atoms with van der Waals surface area (Å²) in [4.78, 5) is 13.0. The minimum absolute atomic E-state index is 0.170. The molecule has 0 aromatic rings. The Morgan fingerprint density at radius 3 is 1.05 bits per heavy atom. The lowest BCUT2D eigenvalue weighted by molar-refractivity contribution is -0.302. The number of carbonyl (C=O) groups is 1. The van der Waals surface area contributed by atoms with Gasteiger partial charge >= 0.3 is 0 Å². The van der Waals surface area contributed by atoms with Gasteiger partial charge in [0.05, 0.1) is 25.4 Å². The summed E-state index contributed by atoms with van der Waals surface area (Å²) < 4.78 is 11.3. The molecule has 0 spiro atoms. The lowest BCUT2D eigenvalue weighted by atomic mass is 9.99. The lowest BCUT2D eigenvalue weighted by Crippen LogP contribution is -2.60. The fourth-order valence-corrected chi connectivity index (χ4v) is 10.9. The molecule has 1 aliphatic rings. The van der Waals surface area contributed by atoms with Gasteiger partial charge in [-0.3, -0.25) is 4.79 Å². The molecule has 0 bridgehead atoms. The van der Waals surface area contributed by atoms with Gasteiger partial charge in [-0.2, -0.15) is 0 Å². The van der Waals surface area contributed by atoms with Gasteiger partial charge in [0.1, 0.15) is 24.4 Å². The summed E-state index contributed by atoms with van der Waals surface area (Å²) in [6.07, 6.45) is 63.4. The average Bonchev–Trinajstić information content (AvgIpc) is 3.40. The molecule has 0 aromatic heterocycles. The standard InChI is InChI=1S/C65H127NO8/c1-3-5-7-9-11-13-15-17-18-19-20-21-22-23-24-25-26-27-28-29-30-31-32-33-34-35-36-37-38-39-40-41-42-43-45-47-49-51-53-55-61(69)66-58(57-73-65-64(72)63(71)62(70)60(56-67)74-65)59(68)54-52-50-48-46-44-16-14-12-10-8-6-4-2/h52,54,58-60,62-65,67-68,70-72H,3-51,53,55-57H2,1-2H3,(H,66,69)/b54-52+. The van der Waals surface area contributed by atoms with Crippen LogP contribution in [-0.4, -0.2) is 87.5 Å². The molecule has 6 N–H and O–H groups in total. The van der Waals surface area contributed by atoms with E-state index in [-0.39, 0.29) is 12.5 Å². The van der Waals surface area contributed by atoms with Crippen LogP contribution in [0.5, 0.6) is 0 Å². The summed E-state index contributed by atoms with van der Waals surface area (Å²) in [6, 6.07) is -0.800. The second-order valence-electron chi connectivity index (χ2n) is 23.3. The zero-order chi connectivity index (χ0) is 53.6. The van der Waals surface area contributed by atoms with Crippen LogP contribution in [0, 0.1) is 0 Å². The maximum absolute atomic E-state index is 13.0. The van der Waals surface area contributed by atoms with Crippen LogP contribution in [0.25, 0.3) is 0 Å². The van der Waals surface area contributed by atoms with Crippen molar-refractivity contribution in [3.8, 4) is 0 Å². The molecule has 1 fully saturated rings. The van der Waals surface area contributed by atoms with Crippen LogP contribution in [0.4, 0.5) is 0 Å². The minimum Gasteiger partial charge on any atom is -0.394 e. The number of hydrogen-bond donors (Lipinski definition) is 6. The molecule has 0 aromatic carbocycles. The molecular weight excluding hydrogens is 923 g/mol. The molecule has 440 valence electrons. The predicted molar refractivity (Wildman–Crippen MR) is 314 cm³/mol. The topological polar surface area (TPSA) is 149 Å². The average molecular weight is 1050 g/mol. The van der Waals surface area contributed by atoms with Crippen molar-refractivity contribution in [2.24, 2.45) is 0 Å². The molecule has 74 heavy (non-hydrogen) atoms. The molecule has 0 saturated carbocycles. The molecule has 1 rings (SSSR count). The van der Waals surface area contributed by atoms with Crippen molar-refractivity contribution in [2.45, 2.75) is 384 Å². The normalized spacial score (nSPS) is 18.9.